The summed E-state index contributed by atoms with van der Waals surface area (Å²) in [6.45, 7) is 2.27. The molecule has 0 saturated carbocycles. The predicted molar refractivity (Wildman–Crippen MR) is 92.2 cm³/mol. The molecule has 0 N–H and O–H groups in total. The molecule has 2 heterocycles. The summed E-state index contributed by atoms with van der Waals surface area (Å²) in [7, 11) is 0. The predicted octanol–water partition coefficient (Wildman–Crippen LogP) is 3.87. The molecule has 2 atom stereocenters. The van der Waals surface area contributed by atoms with E-state index in [9.17, 15) is 4.79 Å². The highest BCUT2D eigenvalue weighted by Gasteiger charge is 2.31. The van der Waals surface area contributed by atoms with E-state index in [1.165, 1.54) is 5.56 Å². The van der Waals surface area contributed by atoms with Gasteiger partial charge in [0.1, 0.15) is 0 Å². The number of ether oxygens (including phenoxy) is 2. The largest absolute Gasteiger partial charge is 0.490 e. The molecule has 3 aliphatic rings. The number of fused-ring (bicyclic) bond motifs is 1. The zero-order chi connectivity index (χ0) is 16.4. The molecular weight excluding hydrogens is 302 g/mol. The Labute approximate surface area is 143 Å². The van der Waals surface area contributed by atoms with Crippen LogP contribution in [-0.2, 0) is 4.79 Å². The zero-order valence-corrected chi connectivity index (χ0v) is 14.1. The van der Waals surface area contributed by atoms with E-state index in [0.29, 0.717) is 31.5 Å². The van der Waals surface area contributed by atoms with Gasteiger partial charge in [-0.15, -0.1) is 0 Å². The Morgan fingerprint density at radius 3 is 2.83 bits per heavy atom. The Morgan fingerprint density at radius 2 is 2.00 bits per heavy atom. The van der Waals surface area contributed by atoms with Crippen LogP contribution in [0.5, 0.6) is 11.5 Å². The van der Waals surface area contributed by atoms with Gasteiger partial charge in [0.25, 0.3) is 0 Å². The van der Waals surface area contributed by atoms with Crippen molar-refractivity contribution in [2.24, 2.45) is 5.92 Å². The van der Waals surface area contributed by atoms with Crippen molar-refractivity contribution in [3.63, 3.8) is 0 Å². The summed E-state index contributed by atoms with van der Waals surface area (Å²) in [5, 5.41) is 0. The molecule has 0 aromatic heterocycles. The summed E-state index contributed by atoms with van der Waals surface area (Å²) in [4.78, 5) is 14.8. The van der Waals surface area contributed by atoms with Gasteiger partial charge in [0.2, 0.25) is 5.91 Å². The number of rotatable bonds is 3. The minimum Gasteiger partial charge on any atom is -0.490 e. The van der Waals surface area contributed by atoms with Crippen LogP contribution in [0.15, 0.2) is 30.4 Å². The van der Waals surface area contributed by atoms with Crippen LogP contribution in [0.1, 0.15) is 50.1 Å². The van der Waals surface area contributed by atoms with Gasteiger partial charge < -0.3 is 14.4 Å². The molecule has 128 valence electrons. The lowest BCUT2D eigenvalue weighted by atomic mass is 10.0. The molecule has 1 aromatic carbocycles. The summed E-state index contributed by atoms with van der Waals surface area (Å²) in [6, 6.07) is 6.35. The lowest BCUT2D eigenvalue weighted by Gasteiger charge is -2.26. The molecule has 0 unspecified atom stereocenters. The fraction of sp³-hybridized carbons (Fsp3) is 0.550. The third-order valence-electron chi connectivity index (χ3n) is 5.28. The van der Waals surface area contributed by atoms with Crippen LogP contribution >= 0.6 is 0 Å². The van der Waals surface area contributed by atoms with Gasteiger partial charge in [-0.2, -0.15) is 0 Å². The SMILES string of the molecule is O=C(C[C@H]1C=CCC1)N1CCC[C@H]1c1ccc2c(c1)OCCCO2. The van der Waals surface area contributed by atoms with E-state index >= 15 is 0 Å². The maximum Gasteiger partial charge on any atom is 0.223 e. The first-order chi connectivity index (χ1) is 11.8. The lowest BCUT2D eigenvalue weighted by molar-refractivity contribution is -0.132. The van der Waals surface area contributed by atoms with Crippen molar-refractivity contribution in [3.05, 3.63) is 35.9 Å². The molecule has 0 bridgehead atoms. The summed E-state index contributed by atoms with van der Waals surface area (Å²) in [5.41, 5.74) is 1.17. The van der Waals surface area contributed by atoms with Crippen molar-refractivity contribution in [2.45, 2.75) is 44.6 Å². The maximum atomic E-state index is 12.8. The molecular formula is C20H25NO3. The number of allylic oxidation sites excluding steroid dienone is 2. The van der Waals surface area contributed by atoms with Gasteiger partial charge in [-0.25, -0.2) is 0 Å². The first-order valence-electron chi connectivity index (χ1n) is 9.17. The topological polar surface area (TPSA) is 38.8 Å². The molecule has 4 heteroatoms. The van der Waals surface area contributed by atoms with Gasteiger partial charge in [-0.05, 0) is 49.3 Å². The van der Waals surface area contributed by atoms with Gasteiger partial charge in [0, 0.05) is 19.4 Å². The van der Waals surface area contributed by atoms with E-state index in [4.69, 9.17) is 9.47 Å². The van der Waals surface area contributed by atoms with Gasteiger partial charge in [-0.3, -0.25) is 4.79 Å². The molecule has 0 spiro atoms. The normalized spacial score (nSPS) is 25.8. The number of nitrogens with zero attached hydrogens (tertiary/aromatic N) is 1. The Kier molecular flexibility index (Phi) is 4.46. The average molecular weight is 327 g/mol. The zero-order valence-electron chi connectivity index (χ0n) is 14.1. The highest BCUT2D eigenvalue weighted by molar-refractivity contribution is 5.77. The summed E-state index contributed by atoms with van der Waals surface area (Å²) >= 11 is 0. The second-order valence-corrected chi connectivity index (χ2v) is 6.97. The molecule has 2 aliphatic heterocycles. The van der Waals surface area contributed by atoms with E-state index < -0.39 is 0 Å². The van der Waals surface area contributed by atoms with E-state index in [-0.39, 0.29) is 6.04 Å². The Balaban J connectivity index is 1.50. The second-order valence-electron chi connectivity index (χ2n) is 6.97. The van der Waals surface area contributed by atoms with Gasteiger partial charge in [0.15, 0.2) is 11.5 Å². The number of carbonyl (C=O) groups excluding carboxylic acids is 1. The number of likely N-dealkylation sites (tertiary alicyclic amines) is 1. The first-order valence-corrected chi connectivity index (χ1v) is 9.17. The van der Waals surface area contributed by atoms with Crippen molar-refractivity contribution >= 4 is 5.91 Å². The molecule has 1 aliphatic carbocycles. The van der Waals surface area contributed by atoms with Gasteiger partial charge >= 0.3 is 0 Å². The lowest BCUT2D eigenvalue weighted by Crippen LogP contribution is -2.31. The standard InChI is InChI=1S/C20H25NO3/c22-20(13-15-5-1-2-6-15)21-10-3-7-17(21)16-8-9-18-19(14-16)24-12-4-11-23-18/h1,5,8-9,14-15,17H,2-4,6-7,10-13H2/t15-,17-/m0/s1. The summed E-state index contributed by atoms with van der Waals surface area (Å²) in [5.74, 6) is 2.37. The molecule has 1 amide bonds. The van der Waals surface area contributed by atoms with E-state index in [1.807, 2.05) is 6.07 Å². The Bertz CT molecular complexity index is 640. The van der Waals surface area contributed by atoms with Crippen molar-refractivity contribution < 1.29 is 14.3 Å². The molecule has 0 radical (unpaired) electrons. The minimum atomic E-state index is 0.181. The number of amides is 1. The minimum absolute atomic E-state index is 0.181. The monoisotopic (exact) mass is 327 g/mol. The van der Waals surface area contributed by atoms with Crippen LogP contribution in [0.2, 0.25) is 0 Å². The highest BCUT2D eigenvalue weighted by Crippen LogP contribution is 2.38. The van der Waals surface area contributed by atoms with E-state index in [0.717, 1.165) is 50.1 Å². The molecule has 1 aromatic rings. The molecule has 4 nitrogen and oxygen atoms in total. The van der Waals surface area contributed by atoms with Crippen LogP contribution < -0.4 is 9.47 Å². The van der Waals surface area contributed by atoms with Crippen LogP contribution in [0, 0.1) is 5.92 Å². The van der Waals surface area contributed by atoms with Crippen molar-refractivity contribution in [1.29, 1.82) is 0 Å². The molecule has 24 heavy (non-hydrogen) atoms. The number of benzene rings is 1. The Hall–Kier alpha value is -1.97. The van der Waals surface area contributed by atoms with Crippen LogP contribution in [0.25, 0.3) is 0 Å². The van der Waals surface area contributed by atoms with Crippen LogP contribution in [0.3, 0.4) is 0 Å². The molecule has 1 fully saturated rings. The quantitative estimate of drug-likeness (QED) is 0.791. The highest BCUT2D eigenvalue weighted by atomic mass is 16.5. The Morgan fingerprint density at radius 1 is 1.12 bits per heavy atom. The van der Waals surface area contributed by atoms with Crippen LogP contribution in [-0.4, -0.2) is 30.6 Å². The van der Waals surface area contributed by atoms with Gasteiger partial charge in [0.05, 0.1) is 19.3 Å². The summed E-state index contributed by atoms with van der Waals surface area (Å²) < 4.78 is 11.5. The van der Waals surface area contributed by atoms with E-state index in [2.05, 4.69) is 29.2 Å². The maximum absolute atomic E-state index is 12.8. The second kappa shape index (κ2) is 6.88. The van der Waals surface area contributed by atoms with Crippen molar-refractivity contribution in [3.8, 4) is 11.5 Å². The first kappa shape index (κ1) is 15.6. The molecule has 1 saturated heterocycles. The summed E-state index contributed by atoms with van der Waals surface area (Å²) in [6.07, 6.45) is 10.3. The van der Waals surface area contributed by atoms with Crippen molar-refractivity contribution in [1.82, 2.24) is 4.90 Å². The number of hydrogen-bond acceptors (Lipinski definition) is 3. The number of hydrogen-bond donors (Lipinski definition) is 0. The van der Waals surface area contributed by atoms with Gasteiger partial charge in [-0.1, -0.05) is 18.2 Å². The fourth-order valence-electron chi connectivity index (χ4n) is 4.01. The third-order valence-corrected chi connectivity index (χ3v) is 5.28. The van der Waals surface area contributed by atoms with Crippen LogP contribution in [0.4, 0.5) is 0 Å². The fourth-order valence-corrected chi connectivity index (χ4v) is 4.01. The smallest absolute Gasteiger partial charge is 0.223 e. The average Bonchev–Trinajstić information content (AvgIpc) is 3.22. The van der Waals surface area contributed by atoms with E-state index in [1.54, 1.807) is 0 Å². The van der Waals surface area contributed by atoms with Crippen molar-refractivity contribution in [2.75, 3.05) is 19.8 Å². The number of carbonyl (C=O) groups is 1. The molecule has 4 rings (SSSR count). The third kappa shape index (κ3) is 3.14.